The van der Waals surface area contributed by atoms with E-state index in [0.717, 1.165) is 16.3 Å². The first kappa shape index (κ1) is 11.4. The molecule has 0 aromatic heterocycles. The molecule has 4 heteroatoms. The molecule has 0 amide bonds. The van der Waals surface area contributed by atoms with Crippen molar-refractivity contribution in [2.45, 2.75) is 6.29 Å². The van der Waals surface area contributed by atoms with Crippen molar-refractivity contribution in [3.8, 4) is 0 Å². The summed E-state index contributed by atoms with van der Waals surface area (Å²) in [5, 5.41) is 11.9. The summed E-state index contributed by atoms with van der Waals surface area (Å²) in [6.45, 7) is 0. The number of halogens is 1. The van der Waals surface area contributed by atoms with Gasteiger partial charge in [-0.3, -0.25) is 0 Å². The number of fused-ring (bicyclic) bond motifs is 1. The number of aliphatic hydroxyl groups is 1. The van der Waals surface area contributed by atoms with Crippen LogP contribution in [0.15, 0.2) is 46.9 Å². The normalized spacial score (nSPS) is 19.4. The fraction of sp³-hybridized carbons (Fsp3) is 0.0714. The van der Waals surface area contributed by atoms with Crippen molar-refractivity contribution in [2.75, 3.05) is 0 Å². The molecule has 1 N–H and O–H groups in total. The molecule has 1 unspecified atom stereocenters. The zero-order valence-electron chi connectivity index (χ0n) is 9.26. The number of esters is 1. The van der Waals surface area contributed by atoms with Crippen LogP contribution in [-0.4, -0.2) is 17.4 Å². The van der Waals surface area contributed by atoms with Gasteiger partial charge in [0.2, 0.25) is 6.29 Å². The van der Waals surface area contributed by atoms with E-state index in [-0.39, 0.29) is 4.48 Å². The van der Waals surface area contributed by atoms with Gasteiger partial charge in [-0.1, -0.05) is 36.4 Å². The molecule has 0 fully saturated rings. The molecule has 3 rings (SSSR count). The van der Waals surface area contributed by atoms with Gasteiger partial charge in [0.1, 0.15) is 4.48 Å². The summed E-state index contributed by atoms with van der Waals surface area (Å²) in [5.74, 6) is -0.536. The first-order valence-electron chi connectivity index (χ1n) is 5.45. The lowest BCUT2D eigenvalue weighted by Crippen LogP contribution is -2.09. The van der Waals surface area contributed by atoms with Gasteiger partial charge in [-0.2, -0.15) is 0 Å². The standard InChI is InChI=1S/C14H9BrO3/c15-12-11(13(16)18-14(12)17)10-6-5-8-3-1-2-4-9(8)7-10/h1-7,13,16H. The van der Waals surface area contributed by atoms with Crippen LogP contribution in [-0.2, 0) is 9.53 Å². The Balaban J connectivity index is 2.18. The number of carbonyl (C=O) groups is 1. The first-order valence-corrected chi connectivity index (χ1v) is 6.24. The highest BCUT2D eigenvalue weighted by Crippen LogP contribution is 2.34. The Hall–Kier alpha value is -1.65. The monoisotopic (exact) mass is 304 g/mol. The maximum absolute atomic E-state index is 11.3. The molecule has 1 heterocycles. The molecule has 0 aliphatic carbocycles. The number of benzene rings is 2. The van der Waals surface area contributed by atoms with Crippen LogP contribution in [0.1, 0.15) is 5.56 Å². The summed E-state index contributed by atoms with van der Waals surface area (Å²) >= 11 is 3.16. The second-order valence-electron chi connectivity index (χ2n) is 4.05. The van der Waals surface area contributed by atoms with Gasteiger partial charge in [0, 0.05) is 5.57 Å². The predicted molar refractivity (Wildman–Crippen MR) is 71.9 cm³/mol. The van der Waals surface area contributed by atoms with Crippen molar-refractivity contribution in [3.63, 3.8) is 0 Å². The van der Waals surface area contributed by atoms with Gasteiger partial charge in [-0.05, 0) is 38.3 Å². The summed E-state index contributed by atoms with van der Waals surface area (Å²) in [5.41, 5.74) is 1.25. The van der Waals surface area contributed by atoms with Crippen LogP contribution in [0, 0.1) is 0 Å². The average Bonchev–Trinajstić information content (AvgIpc) is 2.63. The summed E-state index contributed by atoms with van der Waals surface area (Å²) < 4.78 is 5.03. The zero-order valence-corrected chi connectivity index (χ0v) is 10.8. The Morgan fingerprint density at radius 2 is 1.83 bits per heavy atom. The van der Waals surface area contributed by atoms with E-state index in [1.807, 2.05) is 42.5 Å². The molecular formula is C14H9BrO3. The lowest BCUT2D eigenvalue weighted by Gasteiger charge is -2.08. The molecule has 0 bridgehead atoms. The average molecular weight is 305 g/mol. The van der Waals surface area contributed by atoms with Crippen LogP contribution in [0.2, 0.25) is 0 Å². The second-order valence-corrected chi connectivity index (χ2v) is 4.84. The van der Waals surface area contributed by atoms with Gasteiger partial charge >= 0.3 is 5.97 Å². The number of hydrogen-bond donors (Lipinski definition) is 1. The Morgan fingerprint density at radius 3 is 2.50 bits per heavy atom. The zero-order chi connectivity index (χ0) is 12.7. The largest absolute Gasteiger partial charge is 0.427 e. The lowest BCUT2D eigenvalue weighted by molar-refractivity contribution is -0.149. The van der Waals surface area contributed by atoms with E-state index in [1.165, 1.54) is 0 Å². The minimum atomic E-state index is -1.20. The molecule has 90 valence electrons. The number of aliphatic hydroxyl groups excluding tert-OH is 1. The minimum absolute atomic E-state index is 0.283. The summed E-state index contributed by atoms with van der Waals surface area (Å²) in [7, 11) is 0. The van der Waals surface area contributed by atoms with E-state index in [1.54, 1.807) is 0 Å². The van der Waals surface area contributed by atoms with E-state index < -0.39 is 12.3 Å². The first-order chi connectivity index (χ1) is 8.66. The van der Waals surface area contributed by atoms with Crippen molar-refractivity contribution < 1.29 is 14.6 Å². The summed E-state index contributed by atoms with van der Waals surface area (Å²) in [6, 6.07) is 13.7. The van der Waals surface area contributed by atoms with E-state index in [0.29, 0.717) is 5.57 Å². The quantitative estimate of drug-likeness (QED) is 0.824. The second kappa shape index (κ2) is 4.23. The van der Waals surface area contributed by atoms with E-state index in [4.69, 9.17) is 4.74 Å². The molecule has 0 spiro atoms. The highest BCUT2D eigenvalue weighted by Gasteiger charge is 2.32. The molecule has 2 aromatic carbocycles. The molecule has 2 aromatic rings. The number of rotatable bonds is 1. The Morgan fingerprint density at radius 1 is 1.11 bits per heavy atom. The third kappa shape index (κ3) is 1.74. The van der Waals surface area contributed by atoms with Crippen LogP contribution in [0.3, 0.4) is 0 Å². The fourth-order valence-corrected chi connectivity index (χ4v) is 2.57. The van der Waals surface area contributed by atoms with Gasteiger partial charge in [-0.25, -0.2) is 4.79 Å². The summed E-state index contributed by atoms with van der Waals surface area (Å²) in [6.07, 6.45) is -1.20. The van der Waals surface area contributed by atoms with E-state index in [2.05, 4.69) is 15.9 Å². The van der Waals surface area contributed by atoms with Crippen LogP contribution in [0.25, 0.3) is 16.3 Å². The van der Waals surface area contributed by atoms with Gasteiger partial charge in [0.15, 0.2) is 0 Å². The van der Waals surface area contributed by atoms with Crippen LogP contribution < -0.4 is 0 Å². The minimum Gasteiger partial charge on any atom is -0.427 e. The molecule has 1 aliphatic heterocycles. The van der Waals surface area contributed by atoms with Crippen LogP contribution in [0.5, 0.6) is 0 Å². The number of hydrogen-bond acceptors (Lipinski definition) is 3. The van der Waals surface area contributed by atoms with E-state index >= 15 is 0 Å². The SMILES string of the molecule is O=C1OC(O)C(c2ccc3ccccc3c2)=C1Br. The van der Waals surface area contributed by atoms with Crippen molar-refractivity contribution in [3.05, 3.63) is 52.5 Å². The van der Waals surface area contributed by atoms with Crippen molar-refractivity contribution in [1.29, 1.82) is 0 Å². The molecule has 1 aliphatic rings. The van der Waals surface area contributed by atoms with E-state index in [9.17, 15) is 9.90 Å². The molecule has 0 radical (unpaired) electrons. The maximum atomic E-state index is 11.3. The van der Waals surface area contributed by atoms with Crippen molar-refractivity contribution in [1.82, 2.24) is 0 Å². The third-order valence-electron chi connectivity index (χ3n) is 2.94. The number of ether oxygens (including phenoxy) is 1. The van der Waals surface area contributed by atoms with Gasteiger partial charge in [0.25, 0.3) is 0 Å². The van der Waals surface area contributed by atoms with Gasteiger partial charge < -0.3 is 9.84 Å². The highest BCUT2D eigenvalue weighted by atomic mass is 79.9. The summed E-state index contributed by atoms with van der Waals surface area (Å²) in [4.78, 5) is 11.3. The van der Waals surface area contributed by atoms with Gasteiger partial charge in [-0.15, -0.1) is 0 Å². The molecule has 1 atom stereocenters. The van der Waals surface area contributed by atoms with Crippen molar-refractivity contribution in [2.24, 2.45) is 0 Å². The number of cyclic esters (lactones) is 1. The molecule has 0 saturated heterocycles. The predicted octanol–water partition coefficient (Wildman–Crippen LogP) is 2.82. The van der Waals surface area contributed by atoms with Crippen LogP contribution >= 0.6 is 15.9 Å². The lowest BCUT2D eigenvalue weighted by atomic mass is 10.0. The fourth-order valence-electron chi connectivity index (χ4n) is 2.06. The molecule has 3 nitrogen and oxygen atoms in total. The Kier molecular flexibility index (Phi) is 2.69. The Labute approximate surface area is 112 Å². The number of carbonyl (C=O) groups excluding carboxylic acids is 1. The highest BCUT2D eigenvalue weighted by molar-refractivity contribution is 9.12. The molecular weight excluding hydrogens is 296 g/mol. The Bertz CT molecular complexity index is 676. The molecule has 18 heavy (non-hydrogen) atoms. The van der Waals surface area contributed by atoms with Gasteiger partial charge in [0.05, 0.1) is 0 Å². The van der Waals surface area contributed by atoms with Crippen molar-refractivity contribution >= 4 is 38.2 Å². The molecule has 0 saturated carbocycles. The third-order valence-corrected chi connectivity index (χ3v) is 3.69. The maximum Gasteiger partial charge on any atom is 0.348 e. The van der Waals surface area contributed by atoms with Crippen LogP contribution in [0.4, 0.5) is 0 Å². The topological polar surface area (TPSA) is 46.5 Å². The smallest absolute Gasteiger partial charge is 0.348 e.